The predicted molar refractivity (Wildman–Crippen MR) is 87.0 cm³/mol. The second-order valence-corrected chi connectivity index (χ2v) is 6.03. The molecule has 1 atom stereocenters. The van der Waals surface area contributed by atoms with E-state index in [2.05, 4.69) is 42.6 Å². The molecule has 0 saturated heterocycles. The van der Waals surface area contributed by atoms with Crippen molar-refractivity contribution in [1.82, 2.24) is 5.32 Å². The molecule has 0 bridgehead atoms. The maximum Gasteiger partial charge on any atom is 0.337 e. The summed E-state index contributed by atoms with van der Waals surface area (Å²) in [4.78, 5) is 11.7. The highest BCUT2D eigenvalue weighted by Gasteiger charge is 2.32. The molecule has 0 aliphatic carbocycles. The first-order valence-corrected chi connectivity index (χ1v) is 7.63. The highest BCUT2D eigenvalue weighted by molar-refractivity contribution is 5.89. The molecule has 2 aromatic carbocycles. The Balaban J connectivity index is 1.95. The van der Waals surface area contributed by atoms with E-state index in [-0.39, 0.29) is 11.5 Å². The number of rotatable bonds is 3. The van der Waals surface area contributed by atoms with Crippen molar-refractivity contribution < 1.29 is 9.53 Å². The Morgan fingerprint density at radius 1 is 1.23 bits per heavy atom. The van der Waals surface area contributed by atoms with Gasteiger partial charge < -0.3 is 10.1 Å². The van der Waals surface area contributed by atoms with E-state index >= 15 is 0 Å². The minimum Gasteiger partial charge on any atom is -0.465 e. The number of nitrogens with one attached hydrogen (secondary N) is 1. The van der Waals surface area contributed by atoms with Crippen LogP contribution in [0.3, 0.4) is 0 Å². The molecule has 0 saturated carbocycles. The minimum absolute atomic E-state index is 0.108. The van der Waals surface area contributed by atoms with Crippen LogP contribution in [-0.2, 0) is 23.1 Å². The fourth-order valence-electron chi connectivity index (χ4n) is 3.31. The van der Waals surface area contributed by atoms with Crippen LogP contribution < -0.4 is 5.32 Å². The smallest absolute Gasteiger partial charge is 0.337 e. The van der Waals surface area contributed by atoms with Crippen LogP contribution in [0.15, 0.2) is 48.5 Å². The Morgan fingerprint density at radius 2 is 2.00 bits per heavy atom. The Hall–Kier alpha value is -2.13. The van der Waals surface area contributed by atoms with Crippen LogP contribution in [-0.4, -0.2) is 19.6 Å². The van der Waals surface area contributed by atoms with Crippen molar-refractivity contribution in [3.63, 3.8) is 0 Å². The lowest BCUT2D eigenvalue weighted by Crippen LogP contribution is -2.46. The first kappa shape index (κ1) is 14.8. The predicted octanol–water partition coefficient (Wildman–Crippen LogP) is 3.08. The zero-order valence-electron chi connectivity index (χ0n) is 13.1. The number of hydrogen-bond donors (Lipinski definition) is 1. The zero-order valence-corrected chi connectivity index (χ0v) is 13.1. The Bertz CT molecular complexity index is 681. The van der Waals surface area contributed by atoms with Crippen LogP contribution in [0.25, 0.3) is 0 Å². The summed E-state index contributed by atoms with van der Waals surface area (Å²) < 4.78 is 4.82. The number of esters is 1. The van der Waals surface area contributed by atoms with E-state index in [1.165, 1.54) is 23.8 Å². The van der Waals surface area contributed by atoms with Gasteiger partial charge in [0.25, 0.3) is 0 Å². The van der Waals surface area contributed by atoms with Crippen molar-refractivity contribution >= 4 is 5.97 Å². The maximum absolute atomic E-state index is 11.7. The number of benzene rings is 2. The number of carbonyl (C=O) groups excluding carboxylic acids is 1. The molecule has 0 aromatic heterocycles. The van der Waals surface area contributed by atoms with Crippen LogP contribution in [0.4, 0.5) is 0 Å². The topological polar surface area (TPSA) is 38.3 Å². The molecule has 114 valence electrons. The van der Waals surface area contributed by atoms with Crippen molar-refractivity contribution in [2.24, 2.45) is 0 Å². The molecule has 1 aliphatic heterocycles. The normalized spacial score (nSPS) is 20.3. The Labute approximate surface area is 131 Å². The summed E-state index contributed by atoms with van der Waals surface area (Å²) in [6, 6.07) is 16.4. The second kappa shape index (κ2) is 5.93. The lowest BCUT2D eigenvalue weighted by molar-refractivity contribution is 0.0600. The van der Waals surface area contributed by atoms with Crippen LogP contribution in [0.5, 0.6) is 0 Å². The summed E-state index contributed by atoms with van der Waals surface area (Å²) in [7, 11) is 1.42. The first-order valence-electron chi connectivity index (χ1n) is 7.63. The van der Waals surface area contributed by atoms with Crippen LogP contribution in [0.2, 0.25) is 0 Å². The molecule has 1 unspecified atom stereocenters. The summed E-state index contributed by atoms with van der Waals surface area (Å²) >= 11 is 0. The maximum atomic E-state index is 11.7. The molecule has 3 nitrogen and oxygen atoms in total. The van der Waals surface area contributed by atoms with E-state index in [9.17, 15) is 4.79 Å². The summed E-state index contributed by atoms with van der Waals surface area (Å²) in [6.07, 6.45) is 1.86. The van der Waals surface area contributed by atoms with Gasteiger partial charge in [0.15, 0.2) is 0 Å². The van der Waals surface area contributed by atoms with Gasteiger partial charge in [-0.3, -0.25) is 0 Å². The van der Waals surface area contributed by atoms with Crippen molar-refractivity contribution in [2.75, 3.05) is 13.7 Å². The van der Waals surface area contributed by atoms with Gasteiger partial charge in [-0.2, -0.15) is 0 Å². The second-order valence-electron chi connectivity index (χ2n) is 6.03. The molecule has 0 spiro atoms. The standard InChI is InChI=1S/C19H21NO2/c1-19(13-14-6-4-3-5-7-14)17-9-8-16(18(21)22-2)12-15(17)10-11-20-19/h3-9,12,20H,10-11,13H2,1-2H3. The lowest BCUT2D eigenvalue weighted by Gasteiger charge is -2.37. The third kappa shape index (κ3) is 2.77. The Morgan fingerprint density at radius 3 is 2.73 bits per heavy atom. The number of fused-ring (bicyclic) bond motifs is 1. The molecule has 1 N–H and O–H groups in total. The third-order valence-corrected chi connectivity index (χ3v) is 4.43. The molecule has 2 aromatic rings. The average molecular weight is 295 g/mol. The SMILES string of the molecule is COC(=O)c1ccc2c(c1)CCNC2(C)Cc1ccccc1. The van der Waals surface area contributed by atoms with Gasteiger partial charge in [-0.25, -0.2) is 4.79 Å². The average Bonchev–Trinajstić information content (AvgIpc) is 2.54. The van der Waals surface area contributed by atoms with Crippen molar-refractivity contribution in [1.29, 1.82) is 0 Å². The number of ether oxygens (including phenoxy) is 1. The van der Waals surface area contributed by atoms with Crippen molar-refractivity contribution in [2.45, 2.75) is 25.3 Å². The third-order valence-electron chi connectivity index (χ3n) is 4.43. The van der Waals surface area contributed by atoms with Gasteiger partial charge in [-0.1, -0.05) is 36.4 Å². The van der Waals surface area contributed by atoms with Crippen LogP contribution in [0.1, 0.15) is 34.0 Å². The number of carbonyl (C=O) groups is 1. The van der Waals surface area contributed by atoms with E-state index in [4.69, 9.17) is 4.74 Å². The van der Waals surface area contributed by atoms with Crippen molar-refractivity contribution in [3.8, 4) is 0 Å². The van der Waals surface area contributed by atoms with E-state index in [1.807, 2.05) is 18.2 Å². The van der Waals surface area contributed by atoms with Crippen molar-refractivity contribution in [3.05, 3.63) is 70.8 Å². The van der Waals surface area contributed by atoms with Gasteiger partial charge in [-0.05, 0) is 48.6 Å². The highest BCUT2D eigenvalue weighted by atomic mass is 16.5. The molecule has 1 aliphatic rings. The molecule has 3 rings (SSSR count). The van der Waals surface area contributed by atoms with Gasteiger partial charge in [0, 0.05) is 12.1 Å². The van der Waals surface area contributed by atoms with E-state index in [0.717, 1.165) is 19.4 Å². The van der Waals surface area contributed by atoms with Crippen LogP contribution >= 0.6 is 0 Å². The summed E-state index contributed by atoms with van der Waals surface area (Å²) in [5, 5.41) is 3.65. The molecule has 0 amide bonds. The minimum atomic E-state index is -0.272. The van der Waals surface area contributed by atoms with Gasteiger partial charge in [0.2, 0.25) is 0 Å². The molecule has 0 radical (unpaired) electrons. The first-order chi connectivity index (χ1) is 10.6. The highest BCUT2D eigenvalue weighted by Crippen LogP contribution is 2.32. The number of methoxy groups -OCH3 is 1. The zero-order chi connectivity index (χ0) is 15.6. The van der Waals surface area contributed by atoms with E-state index in [1.54, 1.807) is 0 Å². The largest absolute Gasteiger partial charge is 0.465 e. The fourth-order valence-corrected chi connectivity index (χ4v) is 3.31. The number of hydrogen-bond acceptors (Lipinski definition) is 3. The quantitative estimate of drug-likeness (QED) is 0.884. The van der Waals surface area contributed by atoms with E-state index in [0.29, 0.717) is 5.56 Å². The summed E-state index contributed by atoms with van der Waals surface area (Å²) in [6.45, 7) is 3.15. The van der Waals surface area contributed by atoms with Gasteiger partial charge in [0.1, 0.15) is 0 Å². The molecular formula is C19H21NO2. The summed E-state index contributed by atoms with van der Waals surface area (Å²) in [5.74, 6) is -0.272. The van der Waals surface area contributed by atoms with Gasteiger partial charge in [0.05, 0.1) is 12.7 Å². The fraction of sp³-hybridized carbons (Fsp3) is 0.316. The van der Waals surface area contributed by atoms with Gasteiger partial charge >= 0.3 is 5.97 Å². The Kier molecular flexibility index (Phi) is 3.99. The lowest BCUT2D eigenvalue weighted by atomic mass is 9.79. The molecular weight excluding hydrogens is 274 g/mol. The van der Waals surface area contributed by atoms with Gasteiger partial charge in [-0.15, -0.1) is 0 Å². The molecule has 3 heteroatoms. The summed E-state index contributed by atoms with van der Waals surface area (Å²) in [5.41, 5.74) is 4.34. The molecule has 1 heterocycles. The monoisotopic (exact) mass is 295 g/mol. The molecule has 0 fully saturated rings. The van der Waals surface area contributed by atoms with Crippen LogP contribution in [0, 0.1) is 0 Å². The molecule has 22 heavy (non-hydrogen) atoms. The van der Waals surface area contributed by atoms with E-state index < -0.39 is 0 Å².